The molecular weight excluding hydrogens is 241 g/mol. The molecule has 0 spiro atoms. The smallest absolute Gasteiger partial charge is 0.123 e. The highest BCUT2D eigenvalue weighted by atomic mass is 19.1. The zero-order valence-electron chi connectivity index (χ0n) is 10.6. The van der Waals surface area contributed by atoms with Crippen LogP contribution in [0.5, 0.6) is 0 Å². The molecule has 0 radical (unpaired) electrons. The highest BCUT2D eigenvalue weighted by Gasteiger charge is 2.18. The van der Waals surface area contributed by atoms with Gasteiger partial charge in [0.05, 0.1) is 6.61 Å². The van der Waals surface area contributed by atoms with E-state index in [2.05, 4.69) is 12.1 Å². The maximum atomic E-state index is 13.4. The number of aliphatic hydroxyl groups is 1. The van der Waals surface area contributed by atoms with Crippen molar-refractivity contribution in [1.29, 1.82) is 0 Å². The molecule has 0 saturated carbocycles. The van der Waals surface area contributed by atoms with Crippen molar-refractivity contribution in [3.8, 4) is 11.1 Å². The molecule has 0 saturated heterocycles. The van der Waals surface area contributed by atoms with Gasteiger partial charge in [-0.3, -0.25) is 0 Å². The number of aliphatic hydroxyl groups excluding tert-OH is 1. The molecule has 0 fully saturated rings. The molecule has 3 heteroatoms. The first-order valence-electron chi connectivity index (χ1n) is 6.44. The number of nitrogens with two attached hydrogens (primary N) is 1. The van der Waals surface area contributed by atoms with Gasteiger partial charge in [0.1, 0.15) is 5.82 Å². The van der Waals surface area contributed by atoms with Gasteiger partial charge >= 0.3 is 0 Å². The third-order valence-corrected chi connectivity index (χ3v) is 3.72. The van der Waals surface area contributed by atoms with Crippen LogP contribution in [0.4, 0.5) is 4.39 Å². The minimum absolute atomic E-state index is 0.0911. The van der Waals surface area contributed by atoms with Crippen LogP contribution in [0, 0.1) is 5.82 Å². The predicted molar refractivity (Wildman–Crippen MR) is 73.1 cm³/mol. The molecule has 3 rings (SSSR count). The molecule has 0 aromatic heterocycles. The molecule has 0 bridgehead atoms. The fourth-order valence-corrected chi connectivity index (χ4v) is 2.78. The summed E-state index contributed by atoms with van der Waals surface area (Å²) in [6.07, 6.45) is 1.78. The molecule has 2 nitrogen and oxygen atoms in total. The van der Waals surface area contributed by atoms with Gasteiger partial charge in [-0.25, -0.2) is 4.39 Å². The number of hydrogen-bond acceptors (Lipinski definition) is 2. The Bertz CT molecular complexity index is 624. The van der Waals surface area contributed by atoms with Crippen LogP contribution >= 0.6 is 0 Å². The topological polar surface area (TPSA) is 46.2 Å². The summed E-state index contributed by atoms with van der Waals surface area (Å²) in [5.74, 6) is -0.288. The first-order valence-corrected chi connectivity index (χ1v) is 6.44. The number of halogens is 1. The molecule has 0 heterocycles. The third kappa shape index (κ3) is 2.27. The van der Waals surface area contributed by atoms with Crippen LogP contribution < -0.4 is 5.73 Å². The lowest BCUT2D eigenvalue weighted by Gasteiger charge is -2.09. The quantitative estimate of drug-likeness (QED) is 0.868. The highest BCUT2D eigenvalue weighted by Crippen LogP contribution is 2.30. The second-order valence-corrected chi connectivity index (χ2v) is 5.11. The molecule has 1 unspecified atom stereocenters. The fourth-order valence-electron chi connectivity index (χ4n) is 2.78. The van der Waals surface area contributed by atoms with E-state index in [-0.39, 0.29) is 18.5 Å². The Morgan fingerprint density at radius 3 is 2.68 bits per heavy atom. The first-order chi connectivity index (χ1) is 9.17. The van der Waals surface area contributed by atoms with Gasteiger partial charge in [0.15, 0.2) is 0 Å². The van der Waals surface area contributed by atoms with Gasteiger partial charge in [-0.15, -0.1) is 0 Å². The van der Waals surface area contributed by atoms with Gasteiger partial charge in [-0.1, -0.05) is 24.3 Å². The standard InChI is InChI=1S/C16H16FNO/c17-14-4-3-12(9-19)16(8-14)11-2-1-10-6-15(18)7-13(10)5-11/h1-5,8,15,19H,6-7,9,18H2. The van der Waals surface area contributed by atoms with Crippen molar-refractivity contribution in [3.05, 3.63) is 58.9 Å². The van der Waals surface area contributed by atoms with Crippen molar-refractivity contribution >= 4 is 0 Å². The van der Waals surface area contributed by atoms with Crippen molar-refractivity contribution in [2.75, 3.05) is 0 Å². The first kappa shape index (κ1) is 12.3. The molecule has 0 amide bonds. The average molecular weight is 257 g/mol. The summed E-state index contributed by atoms with van der Waals surface area (Å²) in [6.45, 7) is -0.0911. The van der Waals surface area contributed by atoms with Crippen LogP contribution in [0.2, 0.25) is 0 Å². The summed E-state index contributed by atoms with van der Waals surface area (Å²) >= 11 is 0. The summed E-state index contributed by atoms with van der Waals surface area (Å²) in [4.78, 5) is 0. The van der Waals surface area contributed by atoms with E-state index in [1.54, 1.807) is 6.07 Å². The van der Waals surface area contributed by atoms with E-state index in [4.69, 9.17) is 5.73 Å². The van der Waals surface area contributed by atoms with Gasteiger partial charge in [-0.05, 0) is 52.8 Å². The van der Waals surface area contributed by atoms with E-state index in [0.29, 0.717) is 0 Å². The molecule has 1 aliphatic rings. The maximum Gasteiger partial charge on any atom is 0.123 e. The lowest BCUT2D eigenvalue weighted by Crippen LogP contribution is -2.18. The van der Waals surface area contributed by atoms with Gasteiger partial charge in [0.2, 0.25) is 0 Å². The zero-order chi connectivity index (χ0) is 13.4. The predicted octanol–water partition coefficient (Wildman–Crippen LogP) is 2.41. The van der Waals surface area contributed by atoms with Crippen molar-refractivity contribution in [2.24, 2.45) is 5.73 Å². The Hall–Kier alpha value is -1.71. The molecule has 1 aliphatic carbocycles. The molecular formula is C16H16FNO. The second kappa shape index (κ2) is 4.76. The minimum atomic E-state index is -0.288. The van der Waals surface area contributed by atoms with Crippen LogP contribution in [0.15, 0.2) is 36.4 Å². The summed E-state index contributed by atoms with van der Waals surface area (Å²) in [6, 6.07) is 10.8. The van der Waals surface area contributed by atoms with Gasteiger partial charge in [0.25, 0.3) is 0 Å². The van der Waals surface area contributed by atoms with Gasteiger partial charge < -0.3 is 10.8 Å². The minimum Gasteiger partial charge on any atom is -0.392 e. The normalized spacial score (nSPS) is 17.5. The van der Waals surface area contributed by atoms with Gasteiger partial charge in [-0.2, -0.15) is 0 Å². The van der Waals surface area contributed by atoms with E-state index in [9.17, 15) is 9.50 Å². The van der Waals surface area contributed by atoms with E-state index in [1.807, 2.05) is 6.07 Å². The molecule has 2 aromatic rings. The van der Waals surface area contributed by atoms with E-state index in [0.717, 1.165) is 29.5 Å². The van der Waals surface area contributed by atoms with Crippen molar-refractivity contribution in [3.63, 3.8) is 0 Å². The van der Waals surface area contributed by atoms with Crippen LogP contribution in [0.3, 0.4) is 0 Å². The van der Waals surface area contributed by atoms with E-state index in [1.165, 1.54) is 23.3 Å². The van der Waals surface area contributed by atoms with Crippen molar-refractivity contribution < 1.29 is 9.50 Å². The van der Waals surface area contributed by atoms with Crippen LogP contribution in [0.25, 0.3) is 11.1 Å². The largest absolute Gasteiger partial charge is 0.392 e. The summed E-state index contributed by atoms with van der Waals surface area (Å²) in [5, 5.41) is 9.36. The maximum absolute atomic E-state index is 13.4. The molecule has 19 heavy (non-hydrogen) atoms. The van der Waals surface area contributed by atoms with E-state index >= 15 is 0 Å². The molecule has 2 aromatic carbocycles. The average Bonchev–Trinajstić information content (AvgIpc) is 2.77. The Kier molecular flexibility index (Phi) is 3.09. The Morgan fingerprint density at radius 2 is 1.89 bits per heavy atom. The number of fused-ring (bicyclic) bond motifs is 1. The Labute approximate surface area is 111 Å². The molecule has 98 valence electrons. The fraction of sp³-hybridized carbons (Fsp3) is 0.250. The second-order valence-electron chi connectivity index (χ2n) is 5.11. The molecule has 3 N–H and O–H groups in total. The SMILES string of the molecule is NC1Cc2ccc(-c3cc(F)ccc3CO)cc2C1. The number of rotatable bonds is 2. The number of hydrogen-bond donors (Lipinski definition) is 2. The molecule has 0 aliphatic heterocycles. The lowest BCUT2D eigenvalue weighted by atomic mass is 9.97. The van der Waals surface area contributed by atoms with Crippen LogP contribution in [-0.2, 0) is 19.4 Å². The van der Waals surface area contributed by atoms with Crippen LogP contribution in [0.1, 0.15) is 16.7 Å². The van der Waals surface area contributed by atoms with E-state index < -0.39 is 0 Å². The van der Waals surface area contributed by atoms with Gasteiger partial charge in [0, 0.05) is 6.04 Å². The van der Waals surface area contributed by atoms with Crippen molar-refractivity contribution in [1.82, 2.24) is 0 Å². The summed E-state index contributed by atoms with van der Waals surface area (Å²) in [7, 11) is 0. The Morgan fingerprint density at radius 1 is 1.11 bits per heavy atom. The number of benzene rings is 2. The summed E-state index contributed by atoms with van der Waals surface area (Å²) < 4.78 is 13.4. The third-order valence-electron chi connectivity index (χ3n) is 3.72. The Balaban J connectivity index is 2.08. The monoisotopic (exact) mass is 257 g/mol. The lowest BCUT2D eigenvalue weighted by molar-refractivity contribution is 0.282. The van der Waals surface area contributed by atoms with Crippen molar-refractivity contribution in [2.45, 2.75) is 25.5 Å². The summed E-state index contributed by atoms with van der Waals surface area (Å²) in [5.41, 5.74) is 10.9. The van der Waals surface area contributed by atoms with Crippen LogP contribution in [-0.4, -0.2) is 11.1 Å². The zero-order valence-corrected chi connectivity index (χ0v) is 10.6. The molecule has 1 atom stereocenters. The highest BCUT2D eigenvalue weighted by molar-refractivity contribution is 5.69.